The molecule has 19 heteroatoms. The average molecular weight is 987 g/mol. The zero-order valence-corrected chi connectivity index (χ0v) is 40.4. The number of aldehydes is 1. The Bertz CT molecular complexity index is 2730. The Hall–Kier alpha value is -7.71. The van der Waals surface area contributed by atoms with Gasteiger partial charge in [0.15, 0.2) is 24.4 Å². The highest BCUT2D eigenvalue weighted by molar-refractivity contribution is 6.09. The van der Waals surface area contributed by atoms with Crippen LogP contribution in [-0.4, -0.2) is 146 Å². The van der Waals surface area contributed by atoms with Gasteiger partial charge in [-0.15, -0.1) is 0 Å². The number of anilines is 2. The maximum Gasteiger partial charge on any atom is 0.258 e. The monoisotopic (exact) mass is 986 g/mol. The first-order valence-corrected chi connectivity index (χ1v) is 23.5. The Kier molecular flexibility index (Phi) is 18.8. The second-order valence-electron chi connectivity index (χ2n) is 16.5. The van der Waals surface area contributed by atoms with E-state index in [2.05, 4.69) is 21.3 Å². The van der Waals surface area contributed by atoms with Gasteiger partial charge in [0.1, 0.15) is 11.8 Å². The van der Waals surface area contributed by atoms with Crippen molar-refractivity contribution in [2.45, 2.75) is 25.3 Å². The number of hydrogen-bond acceptors (Lipinski definition) is 15. The third-order valence-corrected chi connectivity index (χ3v) is 11.8. The van der Waals surface area contributed by atoms with Crippen molar-refractivity contribution in [1.82, 2.24) is 20.5 Å². The van der Waals surface area contributed by atoms with Crippen LogP contribution in [0.1, 0.15) is 39.1 Å². The molecule has 5 amide bonds. The van der Waals surface area contributed by atoms with Crippen molar-refractivity contribution in [2.24, 2.45) is 0 Å². The van der Waals surface area contributed by atoms with Gasteiger partial charge in [-0.2, -0.15) is 0 Å². The zero-order valence-electron chi connectivity index (χ0n) is 40.4. The van der Waals surface area contributed by atoms with Gasteiger partial charge in [-0.25, -0.2) is 4.98 Å². The molecule has 19 nitrogen and oxygen atoms in total. The van der Waals surface area contributed by atoms with E-state index in [4.69, 9.17) is 38.1 Å². The number of ether oxygens (including phenoxy) is 7. The van der Waals surface area contributed by atoms with E-state index < -0.39 is 17.9 Å². The summed E-state index contributed by atoms with van der Waals surface area (Å²) in [7, 11) is 4.64. The summed E-state index contributed by atoms with van der Waals surface area (Å²) in [5.41, 5.74) is 6.88. The Morgan fingerprint density at radius 3 is 2.11 bits per heavy atom. The molecule has 7 rings (SSSR count). The number of hydrogen-bond donors (Lipinski definition) is 4. The number of carbonyl (C=O) groups is 6. The van der Waals surface area contributed by atoms with Gasteiger partial charge in [0.25, 0.3) is 11.8 Å². The fraction of sp³-hybridized carbons (Fsp3) is 0.340. The first-order valence-electron chi connectivity index (χ1n) is 23.5. The molecule has 3 heterocycles. The van der Waals surface area contributed by atoms with Crippen molar-refractivity contribution in [1.29, 1.82) is 0 Å². The van der Waals surface area contributed by atoms with Crippen molar-refractivity contribution in [3.8, 4) is 50.9 Å². The Morgan fingerprint density at radius 1 is 0.736 bits per heavy atom. The number of para-hydroxylation sites is 1. The van der Waals surface area contributed by atoms with Crippen LogP contribution >= 0.6 is 0 Å². The van der Waals surface area contributed by atoms with E-state index in [1.54, 1.807) is 38.5 Å². The standard InChI is InChI=1S/C53H58N6O13/c1-59(44-16-18-47(61)58-52(44)64)53(65)50-36(32-60)7-6-10-42(50)54-19-21-68-23-25-70-27-28-71-26-24-69-22-20-55-49(63)33-72-37-14-11-34(12-15-37)43-30-39(35-13-17-45(66-2)46(29-35)67-3)40-31-48(62)56-41-9-5-4-8-38(41)51(40)57-43/h4-15,17,29-30,32,44,54H,16,18-28,31,33H2,1-3H3,(H,55,63)(H,56,62)(H,58,61,64). The van der Waals surface area contributed by atoms with Crippen LogP contribution in [0.25, 0.3) is 33.6 Å². The highest BCUT2D eigenvalue weighted by atomic mass is 16.6. The average Bonchev–Trinajstić information content (AvgIpc) is 3.54. The summed E-state index contributed by atoms with van der Waals surface area (Å²) in [6, 6.07) is 26.6. The van der Waals surface area contributed by atoms with Crippen LogP contribution < -0.4 is 35.5 Å². The van der Waals surface area contributed by atoms with Gasteiger partial charge in [-0.3, -0.25) is 34.1 Å². The lowest BCUT2D eigenvalue weighted by molar-refractivity contribution is -0.136. The molecule has 1 atom stereocenters. The topological polar surface area (TPSA) is 231 Å². The van der Waals surface area contributed by atoms with Gasteiger partial charge < -0.3 is 54.0 Å². The highest BCUT2D eigenvalue weighted by Crippen LogP contribution is 2.42. The summed E-state index contributed by atoms with van der Waals surface area (Å²) in [6.07, 6.45) is 1.04. The number of benzene rings is 4. The number of rotatable bonds is 26. The van der Waals surface area contributed by atoms with Crippen LogP contribution in [0.3, 0.4) is 0 Å². The maximum atomic E-state index is 13.4. The van der Waals surface area contributed by atoms with E-state index in [0.29, 0.717) is 112 Å². The molecule has 0 saturated carbocycles. The number of carbonyl (C=O) groups excluding carboxylic acids is 6. The van der Waals surface area contributed by atoms with Gasteiger partial charge in [0.05, 0.1) is 96.1 Å². The predicted molar refractivity (Wildman–Crippen MR) is 266 cm³/mol. The van der Waals surface area contributed by atoms with Crippen LogP contribution in [0, 0.1) is 0 Å². The lowest BCUT2D eigenvalue weighted by Gasteiger charge is -2.30. The number of pyridine rings is 1. The number of methoxy groups -OCH3 is 2. The molecule has 1 fully saturated rings. The molecular weight excluding hydrogens is 929 g/mol. The number of aromatic nitrogens is 1. The molecule has 2 aliphatic heterocycles. The second-order valence-corrected chi connectivity index (χ2v) is 16.5. The van der Waals surface area contributed by atoms with E-state index in [9.17, 15) is 28.8 Å². The predicted octanol–water partition coefficient (Wildman–Crippen LogP) is 4.96. The lowest BCUT2D eigenvalue weighted by Crippen LogP contribution is -2.53. The molecule has 0 spiro atoms. The van der Waals surface area contributed by atoms with Crippen LogP contribution in [-0.2, 0) is 44.5 Å². The van der Waals surface area contributed by atoms with Gasteiger partial charge >= 0.3 is 0 Å². The minimum atomic E-state index is -0.828. The van der Waals surface area contributed by atoms with Crippen molar-refractivity contribution >= 4 is 47.2 Å². The van der Waals surface area contributed by atoms with Crippen molar-refractivity contribution < 1.29 is 61.9 Å². The molecule has 1 saturated heterocycles. The molecule has 4 aromatic carbocycles. The number of imide groups is 1. The fourth-order valence-electron chi connectivity index (χ4n) is 8.16. The van der Waals surface area contributed by atoms with E-state index in [1.165, 1.54) is 18.0 Å². The summed E-state index contributed by atoms with van der Waals surface area (Å²) in [4.78, 5) is 81.2. The molecule has 0 radical (unpaired) electrons. The molecule has 2 aliphatic rings. The molecule has 0 aliphatic carbocycles. The molecule has 4 N–H and O–H groups in total. The summed E-state index contributed by atoms with van der Waals surface area (Å²) >= 11 is 0. The first kappa shape index (κ1) is 52.1. The Labute approximate surface area is 416 Å². The SMILES string of the molecule is COc1ccc(-c2cc(-c3ccc(OCC(=O)NCCOCCOCCOCCOCCNc4cccc(C=O)c4C(=O)N(C)C4CCC(=O)NC4=O)cc3)nc3c2CC(=O)Nc2ccccc2-3)cc1OC. The van der Waals surface area contributed by atoms with E-state index >= 15 is 0 Å². The molecule has 378 valence electrons. The van der Waals surface area contributed by atoms with Crippen molar-refractivity contribution in [3.05, 3.63) is 108 Å². The fourth-order valence-corrected chi connectivity index (χ4v) is 8.16. The Balaban J connectivity index is 0.760. The molecule has 5 aromatic rings. The third kappa shape index (κ3) is 13.6. The summed E-state index contributed by atoms with van der Waals surface area (Å²) in [5, 5.41) is 11.2. The number of nitrogens with zero attached hydrogens (tertiary/aromatic N) is 2. The van der Waals surface area contributed by atoms with E-state index in [1.807, 2.05) is 60.7 Å². The number of amides is 5. The zero-order chi connectivity index (χ0) is 50.8. The summed E-state index contributed by atoms with van der Waals surface area (Å²) in [6.45, 7) is 3.09. The second kappa shape index (κ2) is 25.9. The lowest BCUT2D eigenvalue weighted by atomic mass is 9.92. The van der Waals surface area contributed by atoms with Crippen LogP contribution in [0.2, 0.25) is 0 Å². The minimum Gasteiger partial charge on any atom is -0.493 e. The minimum absolute atomic E-state index is 0.119. The third-order valence-electron chi connectivity index (χ3n) is 11.8. The molecule has 72 heavy (non-hydrogen) atoms. The van der Waals surface area contributed by atoms with E-state index in [-0.39, 0.29) is 54.7 Å². The molecule has 0 bridgehead atoms. The highest BCUT2D eigenvalue weighted by Gasteiger charge is 2.34. The largest absolute Gasteiger partial charge is 0.493 e. The van der Waals surface area contributed by atoms with Gasteiger partial charge in [0.2, 0.25) is 17.7 Å². The molecular formula is C53H58N6O13. The van der Waals surface area contributed by atoms with Crippen molar-refractivity contribution in [3.63, 3.8) is 0 Å². The smallest absolute Gasteiger partial charge is 0.258 e. The van der Waals surface area contributed by atoms with Gasteiger partial charge in [-0.05, 0) is 77.7 Å². The summed E-state index contributed by atoms with van der Waals surface area (Å²) < 4.78 is 39.2. The number of likely N-dealkylation sites (N-methyl/N-ethyl adjacent to an activating group) is 1. The van der Waals surface area contributed by atoms with Crippen LogP contribution in [0.15, 0.2) is 91.0 Å². The van der Waals surface area contributed by atoms with Crippen molar-refractivity contribution in [2.75, 3.05) is 104 Å². The Morgan fingerprint density at radius 2 is 1.42 bits per heavy atom. The number of piperidine rings is 1. The number of fused-ring (bicyclic) bond motifs is 3. The molecule has 1 aromatic heterocycles. The van der Waals surface area contributed by atoms with E-state index in [0.717, 1.165) is 27.8 Å². The molecule has 1 unspecified atom stereocenters. The van der Waals surface area contributed by atoms with Crippen LogP contribution in [0.5, 0.6) is 17.2 Å². The normalized spacial score (nSPS) is 13.9. The number of nitrogens with one attached hydrogen (secondary N) is 4. The quantitative estimate of drug-likeness (QED) is 0.0326. The summed E-state index contributed by atoms with van der Waals surface area (Å²) in [5.74, 6) is -0.237. The first-order chi connectivity index (χ1) is 35.1. The van der Waals surface area contributed by atoms with Gasteiger partial charge in [-0.1, -0.05) is 36.4 Å². The maximum absolute atomic E-state index is 13.4. The van der Waals surface area contributed by atoms with Crippen LogP contribution in [0.4, 0.5) is 11.4 Å². The van der Waals surface area contributed by atoms with Gasteiger partial charge in [0, 0.05) is 48.9 Å².